The summed E-state index contributed by atoms with van der Waals surface area (Å²) in [6, 6.07) is 3.62. The Hall–Kier alpha value is -1.86. The fraction of sp³-hybridized carbons (Fsp3) is 0.294. The van der Waals surface area contributed by atoms with Crippen LogP contribution in [-0.2, 0) is 14.2 Å². The second-order valence-electron chi connectivity index (χ2n) is 5.88. The number of aryl methyl sites for hydroxylation is 2. The first kappa shape index (κ1) is 20.5. The molecule has 140 valence electrons. The molecule has 0 bridgehead atoms. The summed E-state index contributed by atoms with van der Waals surface area (Å²) < 4.78 is 16.2. The van der Waals surface area contributed by atoms with Gasteiger partial charge in [-0.05, 0) is 54.2 Å². The van der Waals surface area contributed by atoms with Crippen molar-refractivity contribution in [3.8, 4) is 5.75 Å². The first-order valence-corrected chi connectivity index (χ1v) is 10.4. The summed E-state index contributed by atoms with van der Waals surface area (Å²) in [6.07, 6.45) is 2.83. The van der Waals surface area contributed by atoms with Gasteiger partial charge < -0.3 is 19.4 Å². The van der Waals surface area contributed by atoms with Crippen molar-refractivity contribution in [2.45, 2.75) is 20.8 Å². The zero-order valence-corrected chi connectivity index (χ0v) is 16.3. The predicted molar refractivity (Wildman–Crippen MR) is 101 cm³/mol. The third kappa shape index (κ3) is 5.57. The van der Waals surface area contributed by atoms with Gasteiger partial charge in [-0.2, -0.15) is 0 Å². The van der Waals surface area contributed by atoms with Crippen LogP contribution in [0.15, 0.2) is 28.6 Å². The number of hydrogen-bond acceptors (Lipinski definition) is 5. The lowest BCUT2D eigenvalue weighted by molar-refractivity contribution is -0.132. The van der Waals surface area contributed by atoms with E-state index >= 15 is 0 Å². The number of ether oxygens (including phenoxy) is 1. The molecule has 0 spiro atoms. The van der Waals surface area contributed by atoms with Gasteiger partial charge in [0.15, 0.2) is 0 Å². The maximum atomic E-state index is 12.5. The van der Waals surface area contributed by atoms with Crippen molar-refractivity contribution in [1.82, 2.24) is 4.90 Å². The Balaban J connectivity index is 2.24. The molecule has 0 atom stereocenters. The maximum Gasteiger partial charge on any atom is 0.327 e. The smallest absolute Gasteiger partial charge is 0.327 e. The molecule has 0 radical (unpaired) electrons. The van der Waals surface area contributed by atoms with Crippen molar-refractivity contribution in [3.05, 3.63) is 45.3 Å². The molecule has 0 saturated carbocycles. The van der Waals surface area contributed by atoms with Gasteiger partial charge in [-0.1, -0.05) is 11.8 Å². The second kappa shape index (κ2) is 8.22. The Kier molecular flexibility index (Phi) is 6.47. The zero-order chi connectivity index (χ0) is 19.5. The average molecular weight is 397 g/mol. The summed E-state index contributed by atoms with van der Waals surface area (Å²) >= 11 is 1.24. The van der Waals surface area contributed by atoms with Crippen LogP contribution in [0.2, 0.25) is 0 Å². The predicted octanol–water partition coefficient (Wildman–Crippen LogP) is 2.79. The van der Waals surface area contributed by atoms with Crippen LogP contribution in [0.3, 0.4) is 0 Å². The number of esters is 1. The average Bonchev–Trinajstić information content (AvgIpc) is 2.51. The molecule has 0 saturated heterocycles. The maximum absolute atomic E-state index is 12.5. The van der Waals surface area contributed by atoms with E-state index in [2.05, 4.69) is 0 Å². The monoisotopic (exact) mass is 397 g/mol. The number of amides is 1. The van der Waals surface area contributed by atoms with Gasteiger partial charge in [0.1, 0.15) is 5.75 Å². The molecule has 1 heterocycles. The summed E-state index contributed by atoms with van der Waals surface area (Å²) in [4.78, 5) is 43.4. The van der Waals surface area contributed by atoms with Gasteiger partial charge in [-0.25, -0.2) is 0 Å². The normalized spacial score (nSPS) is 16.3. The minimum atomic E-state index is -4.17. The van der Waals surface area contributed by atoms with E-state index in [-0.39, 0.29) is 12.5 Å². The van der Waals surface area contributed by atoms with Crippen molar-refractivity contribution in [1.29, 1.82) is 0 Å². The minimum absolute atomic E-state index is 0.0546. The van der Waals surface area contributed by atoms with Gasteiger partial charge in [0.2, 0.25) is 0 Å². The first-order chi connectivity index (χ1) is 12.1. The van der Waals surface area contributed by atoms with Crippen LogP contribution in [-0.4, -0.2) is 39.3 Å². The van der Waals surface area contributed by atoms with Crippen molar-refractivity contribution in [3.63, 3.8) is 0 Å². The van der Waals surface area contributed by atoms with Crippen molar-refractivity contribution >= 4 is 37.3 Å². The van der Waals surface area contributed by atoms with Gasteiger partial charge in [-0.3, -0.25) is 14.2 Å². The van der Waals surface area contributed by atoms with Gasteiger partial charge in [-0.15, -0.1) is 0 Å². The lowest BCUT2D eigenvalue weighted by atomic mass is 10.1. The zero-order valence-electron chi connectivity index (χ0n) is 14.6. The molecule has 1 aliphatic heterocycles. The molecular weight excluding hydrogens is 377 g/mol. The van der Waals surface area contributed by atoms with Crippen LogP contribution in [0.5, 0.6) is 5.75 Å². The molecule has 1 aromatic rings. The molecule has 1 aromatic carbocycles. The summed E-state index contributed by atoms with van der Waals surface area (Å²) in [5.41, 5.74) is 2.32. The summed E-state index contributed by atoms with van der Waals surface area (Å²) in [6.45, 7) is 4.91. The highest BCUT2D eigenvalue weighted by atomic mass is 32.2. The molecule has 1 amide bonds. The van der Waals surface area contributed by atoms with E-state index in [9.17, 15) is 14.2 Å². The van der Waals surface area contributed by atoms with E-state index in [0.29, 0.717) is 10.7 Å². The topological polar surface area (TPSA) is 104 Å². The number of carbonyl (C=O) groups excluding carboxylic acids is 2. The van der Waals surface area contributed by atoms with Gasteiger partial charge >= 0.3 is 13.6 Å². The molecule has 7 nitrogen and oxygen atoms in total. The summed E-state index contributed by atoms with van der Waals surface area (Å²) in [5.74, 6) is -0.207. The lowest BCUT2D eigenvalue weighted by Crippen LogP contribution is -2.30. The Morgan fingerprint density at radius 3 is 2.46 bits per heavy atom. The molecule has 0 aromatic heterocycles. The van der Waals surface area contributed by atoms with Crippen LogP contribution < -0.4 is 4.74 Å². The van der Waals surface area contributed by atoms with E-state index < -0.39 is 19.7 Å². The third-order valence-corrected chi connectivity index (χ3v) is 5.15. The van der Waals surface area contributed by atoms with E-state index in [1.807, 2.05) is 26.0 Å². The number of benzene rings is 1. The van der Waals surface area contributed by atoms with Crippen LogP contribution in [0.4, 0.5) is 0 Å². The molecule has 0 unspecified atom stereocenters. The van der Waals surface area contributed by atoms with Gasteiger partial charge in [0, 0.05) is 19.7 Å². The van der Waals surface area contributed by atoms with Crippen molar-refractivity contribution in [2.24, 2.45) is 0 Å². The molecule has 1 aliphatic rings. The van der Waals surface area contributed by atoms with E-state index in [1.54, 1.807) is 11.5 Å². The molecule has 0 aliphatic carbocycles. The number of rotatable bonds is 5. The van der Waals surface area contributed by atoms with E-state index in [1.165, 1.54) is 29.8 Å². The van der Waals surface area contributed by atoms with E-state index in [4.69, 9.17) is 14.5 Å². The largest absolute Gasteiger partial charge is 0.426 e. The van der Waals surface area contributed by atoms with Crippen LogP contribution in [0, 0.1) is 13.8 Å². The number of hydrogen-bond donors (Lipinski definition) is 2. The molecule has 9 heteroatoms. The first-order valence-electron chi connectivity index (χ1n) is 7.77. The lowest BCUT2D eigenvalue weighted by Gasteiger charge is -2.23. The van der Waals surface area contributed by atoms with Gasteiger partial charge in [0.25, 0.3) is 5.91 Å². The Morgan fingerprint density at radius 1 is 1.31 bits per heavy atom. The van der Waals surface area contributed by atoms with E-state index in [0.717, 1.165) is 16.7 Å². The molecule has 2 rings (SSSR count). The molecular formula is C17H20NO6PS. The second-order valence-corrected chi connectivity index (χ2v) is 8.60. The van der Waals surface area contributed by atoms with Gasteiger partial charge in [0.05, 0.1) is 11.1 Å². The fourth-order valence-electron chi connectivity index (χ4n) is 2.47. The Labute approximate surface area is 155 Å². The highest BCUT2D eigenvalue weighted by Crippen LogP contribution is 2.35. The number of nitrogens with zero attached hydrogens (tertiary/aromatic N) is 1. The molecule has 26 heavy (non-hydrogen) atoms. The number of carbonyl (C=O) groups is 2. The highest BCUT2D eigenvalue weighted by Gasteiger charge is 2.23. The SMILES string of the molecule is CC(=O)Oc1c(C)cc(/C=C2\SC=CN(CCP(=O)(O)O)C2=O)cc1C. The molecule has 2 N–H and O–H groups in total. The Bertz CT molecular complexity index is 819. The summed E-state index contributed by atoms with van der Waals surface area (Å²) in [5, 5.41) is 1.69. The minimum Gasteiger partial charge on any atom is -0.426 e. The van der Waals surface area contributed by atoms with Crippen LogP contribution in [0.1, 0.15) is 23.6 Å². The van der Waals surface area contributed by atoms with Crippen molar-refractivity contribution < 1.29 is 28.7 Å². The quantitative estimate of drug-likeness (QED) is 0.341. The van der Waals surface area contributed by atoms with Crippen LogP contribution in [0.25, 0.3) is 6.08 Å². The highest BCUT2D eigenvalue weighted by molar-refractivity contribution is 8.06. The molecule has 0 fully saturated rings. The fourth-order valence-corrected chi connectivity index (χ4v) is 3.72. The summed E-state index contributed by atoms with van der Waals surface area (Å²) in [7, 11) is -4.17. The van der Waals surface area contributed by atoms with Crippen molar-refractivity contribution in [2.75, 3.05) is 12.7 Å². The third-order valence-electron chi connectivity index (χ3n) is 3.57. The van der Waals surface area contributed by atoms with Crippen LogP contribution >= 0.6 is 19.4 Å². The Morgan fingerprint density at radius 2 is 1.92 bits per heavy atom. The number of thioether (sulfide) groups is 1. The standard InChI is InChI=1S/C17H20NO6PS/c1-11-8-14(9-12(2)16(11)24-13(3)19)10-15-17(20)18(5-7-26-15)4-6-25(21,22)23/h5,7-10H,4,6H2,1-3H3,(H2,21,22,23)/b15-10-.